The maximum absolute atomic E-state index is 13.8. The summed E-state index contributed by atoms with van der Waals surface area (Å²) in [5, 5.41) is 4.22. The first kappa shape index (κ1) is 26.6. The predicted molar refractivity (Wildman–Crippen MR) is 152 cm³/mol. The number of anilines is 1. The molecule has 0 radical (unpaired) electrons. The average Bonchev–Trinajstić information content (AvgIpc) is 3.21. The van der Waals surface area contributed by atoms with E-state index in [9.17, 15) is 9.59 Å². The summed E-state index contributed by atoms with van der Waals surface area (Å²) in [7, 11) is 1.48. The summed E-state index contributed by atoms with van der Waals surface area (Å²) in [6.45, 7) is 10.7. The van der Waals surface area contributed by atoms with Crippen LogP contribution in [0.1, 0.15) is 26.3 Å². The van der Waals surface area contributed by atoms with Gasteiger partial charge < -0.3 is 19.9 Å². The van der Waals surface area contributed by atoms with E-state index in [1.165, 1.54) is 11.8 Å². The van der Waals surface area contributed by atoms with Gasteiger partial charge in [-0.05, 0) is 35.2 Å². The predicted octanol–water partition coefficient (Wildman–Crippen LogP) is 3.07. The normalized spacial score (nSPS) is 14.6. The first-order chi connectivity index (χ1) is 18.7. The van der Waals surface area contributed by atoms with Crippen molar-refractivity contribution in [2.45, 2.75) is 26.2 Å². The molecule has 2 heterocycles. The molecule has 10 heteroatoms. The summed E-state index contributed by atoms with van der Waals surface area (Å²) in [4.78, 5) is 29.3. The van der Waals surface area contributed by atoms with Gasteiger partial charge in [0.2, 0.25) is 0 Å². The van der Waals surface area contributed by atoms with Crippen molar-refractivity contribution in [2.24, 2.45) is 0 Å². The minimum Gasteiger partial charge on any atom is -0.492 e. The summed E-state index contributed by atoms with van der Waals surface area (Å²) in [6.07, 6.45) is 0. The molecule has 4 aromatic rings. The highest BCUT2D eigenvalue weighted by Crippen LogP contribution is 2.35. The molecule has 0 atom stereocenters. The van der Waals surface area contributed by atoms with Crippen LogP contribution in [-0.2, 0) is 10.2 Å². The van der Waals surface area contributed by atoms with Gasteiger partial charge >= 0.3 is 11.4 Å². The molecule has 0 aliphatic carbocycles. The molecule has 3 N–H and O–H groups in total. The second-order valence-corrected chi connectivity index (χ2v) is 10.7. The summed E-state index contributed by atoms with van der Waals surface area (Å²) in [5.41, 5.74) is 7.02. The first-order valence-corrected chi connectivity index (χ1v) is 13.1. The van der Waals surface area contributed by atoms with E-state index in [2.05, 4.69) is 10.00 Å². The van der Waals surface area contributed by atoms with Crippen molar-refractivity contribution in [3.63, 3.8) is 0 Å². The van der Waals surface area contributed by atoms with Crippen molar-refractivity contribution in [3.05, 3.63) is 75.1 Å². The number of nitrogens with one attached hydrogen (secondary N) is 1. The lowest BCUT2D eigenvalue weighted by molar-refractivity contribution is 0.0323. The first-order valence-electron chi connectivity index (χ1n) is 13.1. The number of ether oxygens (including phenoxy) is 3. The van der Waals surface area contributed by atoms with Crippen LogP contribution in [0.15, 0.2) is 58.1 Å². The molecule has 10 nitrogen and oxygen atoms in total. The van der Waals surface area contributed by atoms with Gasteiger partial charge in [-0.25, -0.2) is 19.3 Å². The molecule has 1 aromatic heterocycles. The van der Waals surface area contributed by atoms with Gasteiger partial charge in [0.1, 0.15) is 18.0 Å². The molecule has 1 aliphatic heterocycles. The topological polar surface area (TPSA) is 117 Å². The standard InChI is InChI=1S/C29H35N5O5/c1-29(2,3)19-17-22(30)26(37-4)24(18-19)34-28(36)33(27(35)31-34)23-9-10-25(21-8-6-5-7-20(21)23)39-16-13-32-11-14-38-15-12-32/h5-10,17-18H,11-16,30H2,1-4H3,(H,31,35). The Balaban J connectivity index is 1.55. The Labute approximate surface area is 226 Å². The fourth-order valence-electron chi connectivity index (χ4n) is 4.90. The van der Waals surface area contributed by atoms with E-state index in [-0.39, 0.29) is 5.41 Å². The van der Waals surface area contributed by atoms with Gasteiger partial charge in [0.15, 0.2) is 5.75 Å². The SMILES string of the molecule is COc1c(N)cc(C(C)(C)C)cc1-n1[nH]c(=O)n(-c2ccc(OCCN3CCOCC3)c3ccccc23)c1=O. The Hall–Kier alpha value is -4.02. The molecule has 0 amide bonds. The molecule has 1 aliphatic rings. The van der Waals surface area contributed by atoms with Gasteiger partial charge in [-0.1, -0.05) is 45.0 Å². The number of hydrogen-bond donors (Lipinski definition) is 2. The fourth-order valence-corrected chi connectivity index (χ4v) is 4.90. The Morgan fingerprint density at radius 3 is 2.41 bits per heavy atom. The van der Waals surface area contributed by atoms with Crippen molar-refractivity contribution >= 4 is 16.5 Å². The Kier molecular flexibility index (Phi) is 7.24. The zero-order chi connectivity index (χ0) is 27.7. The number of rotatable bonds is 7. The van der Waals surface area contributed by atoms with Crippen molar-refractivity contribution in [1.29, 1.82) is 0 Å². The van der Waals surface area contributed by atoms with Crippen LogP contribution < -0.4 is 26.6 Å². The molecule has 1 saturated heterocycles. The van der Waals surface area contributed by atoms with Gasteiger partial charge in [-0.2, -0.15) is 4.68 Å². The minimum absolute atomic E-state index is 0.241. The largest absolute Gasteiger partial charge is 0.492 e. The Bertz CT molecular complexity index is 1610. The van der Waals surface area contributed by atoms with Gasteiger partial charge in [-0.3, -0.25) is 4.90 Å². The monoisotopic (exact) mass is 533 g/mol. The maximum atomic E-state index is 13.8. The third-order valence-corrected chi connectivity index (χ3v) is 7.07. The molecule has 0 spiro atoms. The van der Waals surface area contributed by atoms with Crippen LogP contribution in [-0.4, -0.2) is 65.8 Å². The molecule has 0 saturated carbocycles. The third kappa shape index (κ3) is 5.17. The van der Waals surface area contributed by atoms with E-state index in [0.717, 1.165) is 53.8 Å². The third-order valence-electron chi connectivity index (χ3n) is 7.07. The molecule has 3 aromatic carbocycles. The lowest BCUT2D eigenvalue weighted by Crippen LogP contribution is -2.38. The Morgan fingerprint density at radius 2 is 1.72 bits per heavy atom. The molecule has 206 valence electrons. The van der Waals surface area contributed by atoms with Crippen molar-refractivity contribution in [2.75, 3.05) is 52.3 Å². The minimum atomic E-state index is -0.576. The summed E-state index contributed by atoms with van der Waals surface area (Å²) in [6, 6.07) is 14.8. The summed E-state index contributed by atoms with van der Waals surface area (Å²) in [5.74, 6) is 1.01. The quantitative estimate of drug-likeness (QED) is 0.351. The van der Waals surface area contributed by atoms with E-state index in [4.69, 9.17) is 19.9 Å². The van der Waals surface area contributed by atoms with Crippen LogP contribution in [0.4, 0.5) is 5.69 Å². The maximum Gasteiger partial charge on any atom is 0.356 e. The number of methoxy groups -OCH3 is 1. The number of morpholine rings is 1. The van der Waals surface area contributed by atoms with E-state index in [1.54, 1.807) is 12.1 Å². The lowest BCUT2D eigenvalue weighted by atomic mass is 9.86. The van der Waals surface area contributed by atoms with E-state index < -0.39 is 11.4 Å². The van der Waals surface area contributed by atoms with Gasteiger partial charge in [-0.15, -0.1) is 0 Å². The van der Waals surface area contributed by atoms with Gasteiger partial charge in [0.25, 0.3) is 0 Å². The molecular weight excluding hydrogens is 498 g/mol. The number of aromatic nitrogens is 3. The van der Waals surface area contributed by atoms with E-state index in [1.807, 2.05) is 57.2 Å². The van der Waals surface area contributed by atoms with Crippen molar-refractivity contribution < 1.29 is 14.2 Å². The van der Waals surface area contributed by atoms with Crippen LogP contribution >= 0.6 is 0 Å². The van der Waals surface area contributed by atoms with Crippen molar-refractivity contribution in [1.82, 2.24) is 19.2 Å². The fraction of sp³-hybridized carbons (Fsp3) is 0.379. The molecule has 0 unspecified atom stereocenters. The smallest absolute Gasteiger partial charge is 0.356 e. The molecule has 39 heavy (non-hydrogen) atoms. The second-order valence-electron chi connectivity index (χ2n) is 10.7. The van der Waals surface area contributed by atoms with E-state index >= 15 is 0 Å². The highest BCUT2D eigenvalue weighted by molar-refractivity contribution is 5.94. The number of fused-ring (bicyclic) bond motifs is 1. The summed E-state index contributed by atoms with van der Waals surface area (Å²) < 4.78 is 19.4. The molecule has 1 fully saturated rings. The van der Waals surface area contributed by atoms with Crippen LogP contribution in [0.5, 0.6) is 11.5 Å². The number of nitrogen functional groups attached to an aromatic ring is 1. The zero-order valence-electron chi connectivity index (χ0n) is 22.8. The lowest BCUT2D eigenvalue weighted by Gasteiger charge is -2.26. The number of nitrogens with zero attached hydrogens (tertiary/aromatic N) is 3. The van der Waals surface area contributed by atoms with Crippen molar-refractivity contribution in [3.8, 4) is 22.9 Å². The Morgan fingerprint density at radius 1 is 1.00 bits per heavy atom. The average molecular weight is 534 g/mol. The second kappa shape index (κ2) is 10.6. The van der Waals surface area contributed by atoms with Crippen LogP contribution in [0.25, 0.3) is 22.1 Å². The van der Waals surface area contributed by atoms with Crippen LogP contribution in [0.3, 0.4) is 0 Å². The number of aromatic amines is 1. The zero-order valence-corrected chi connectivity index (χ0v) is 22.8. The highest BCUT2D eigenvalue weighted by atomic mass is 16.5. The van der Waals surface area contributed by atoms with Crippen LogP contribution in [0, 0.1) is 0 Å². The number of benzene rings is 3. The molecular formula is C29H35N5O5. The number of H-pyrrole nitrogens is 1. The number of nitrogens with two attached hydrogens (primary N) is 1. The molecule has 5 rings (SSSR count). The summed E-state index contributed by atoms with van der Waals surface area (Å²) >= 11 is 0. The number of hydrogen-bond acceptors (Lipinski definition) is 7. The highest BCUT2D eigenvalue weighted by Gasteiger charge is 2.23. The van der Waals surface area contributed by atoms with Gasteiger partial charge in [0.05, 0.1) is 31.7 Å². The van der Waals surface area contributed by atoms with Crippen LogP contribution in [0.2, 0.25) is 0 Å². The molecule has 0 bridgehead atoms. The van der Waals surface area contributed by atoms with E-state index in [0.29, 0.717) is 35.2 Å². The van der Waals surface area contributed by atoms with Gasteiger partial charge in [0, 0.05) is 30.4 Å².